The van der Waals surface area contributed by atoms with Crippen LogP contribution in [0.3, 0.4) is 0 Å². The van der Waals surface area contributed by atoms with Crippen LogP contribution in [0.25, 0.3) is 11.4 Å². The molecule has 0 saturated carbocycles. The zero-order valence-electron chi connectivity index (χ0n) is 20.2. The van der Waals surface area contributed by atoms with Crippen molar-refractivity contribution in [1.82, 2.24) is 25.3 Å². The number of amides is 2. The minimum atomic E-state index is -0.0131. The third-order valence-electron chi connectivity index (χ3n) is 6.99. The Morgan fingerprint density at radius 1 is 1.03 bits per heavy atom. The number of rotatable bonds is 8. The maximum atomic E-state index is 12.9. The van der Waals surface area contributed by atoms with Crippen LogP contribution in [0, 0.1) is 5.92 Å². The van der Waals surface area contributed by atoms with Crippen LogP contribution in [-0.2, 0) is 29.2 Å². The second-order valence-electron chi connectivity index (χ2n) is 9.47. The number of halogens is 1. The molecule has 2 saturated heterocycles. The lowest BCUT2D eigenvalue weighted by Gasteiger charge is -2.30. The molecule has 1 N–H and O–H groups in total. The van der Waals surface area contributed by atoms with Crippen LogP contribution in [0.15, 0.2) is 53.1 Å². The molecule has 3 aromatic rings. The molecule has 3 heterocycles. The van der Waals surface area contributed by atoms with Gasteiger partial charge < -0.3 is 14.7 Å². The van der Waals surface area contributed by atoms with Gasteiger partial charge in [0.2, 0.25) is 23.5 Å². The number of nitrogens with zero attached hydrogens (tertiary/aromatic N) is 4. The summed E-state index contributed by atoms with van der Waals surface area (Å²) in [6.45, 7) is 4.06. The number of nitrogens with one attached hydrogen (secondary N) is 1. The molecule has 2 aromatic carbocycles. The average Bonchev–Trinajstić information content (AvgIpc) is 3.53. The first-order chi connectivity index (χ1) is 17.5. The Kier molecular flexibility index (Phi) is 7.63. The van der Waals surface area contributed by atoms with Crippen molar-refractivity contribution in [2.24, 2.45) is 5.92 Å². The van der Waals surface area contributed by atoms with Crippen LogP contribution in [0.1, 0.15) is 42.7 Å². The number of hydrogen-bond donors (Lipinski definition) is 1. The maximum Gasteiger partial charge on any atom is 0.241 e. The predicted molar refractivity (Wildman–Crippen MR) is 136 cm³/mol. The summed E-state index contributed by atoms with van der Waals surface area (Å²) in [7, 11) is 0. The first-order valence-corrected chi connectivity index (χ1v) is 12.9. The number of piperidine rings is 1. The summed E-state index contributed by atoms with van der Waals surface area (Å²) in [5.41, 5.74) is 3.02. The minimum absolute atomic E-state index is 0.0131. The molecule has 2 aliphatic heterocycles. The average molecular weight is 508 g/mol. The van der Waals surface area contributed by atoms with E-state index in [0.717, 1.165) is 55.6 Å². The molecule has 2 fully saturated rings. The van der Waals surface area contributed by atoms with Crippen LogP contribution >= 0.6 is 11.6 Å². The molecule has 2 aliphatic rings. The van der Waals surface area contributed by atoms with E-state index in [4.69, 9.17) is 16.1 Å². The van der Waals surface area contributed by atoms with E-state index in [9.17, 15) is 9.59 Å². The summed E-state index contributed by atoms with van der Waals surface area (Å²) >= 11 is 5.95. The fourth-order valence-electron chi connectivity index (χ4n) is 4.87. The van der Waals surface area contributed by atoms with Crippen LogP contribution < -0.4 is 5.32 Å². The second-order valence-corrected chi connectivity index (χ2v) is 9.91. The largest absolute Gasteiger partial charge is 0.352 e. The van der Waals surface area contributed by atoms with Gasteiger partial charge in [0, 0.05) is 42.6 Å². The Morgan fingerprint density at radius 3 is 2.50 bits per heavy atom. The number of aromatic nitrogens is 2. The SMILES string of the molecule is O=C(NCc1ccccc1CN1CCCC1=O)C1CCN(Cc2nc(-c3ccc(Cl)cc3)no2)CC1. The molecule has 9 heteroatoms. The van der Waals surface area contributed by atoms with Gasteiger partial charge in [0.25, 0.3) is 0 Å². The quantitative estimate of drug-likeness (QED) is 0.494. The fourth-order valence-corrected chi connectivity index (χ4v) is 4.99. The van der Waals surface area contributed by atoms with Gasteiger partial charge in [-0.25, -0.2) is 0 Å². The lowest BCUT2D eigenvalue weighted by molar-refractivity contribution is -0.128. The van der Waals surface area contributed by atoms with E-state index in [-0.39, 0.29) is 17.7 Å². The van der Waals surface area contributed by atoms with Crippen molar-refractivity contribution in [3.05, 3.63) is 70.6 Å². The monoisotopic (exact) mass is 507 g/mol. The highest BCUT2D eigenvalue weighted by molar-refractivity contribution is 6.30. The second kappa shape index (κ2) is 11.2. The number of hydrogen-bond acceptors (Lipinski definition) is 6. The molecule has 36 heavy (non-hydrogen) atoms. The lowest BCUT2D eigenvalue weighted by Crippen LogP contribution is -2.40. The Morgan fingerprint density at radius 2 is 1.78 bits per heavy atom. The van der Waals surface area contributed by atoms with E-state index >= 15 is 0 Å². The molecule has 0 atom stereocenters. The van der Waals surface area contributed by atoms with Crippen molar-refractivity contribution in [3.63, 3.8) is 0 Å². The topological polar surface area (TPSA) is 91.6 Å². The van der Waals surface area contributed by atoms with Crippen LogP contribution in [0.2, 0.25) is 5.02 Å². The Balaban J connectivity index is 1.09. The maximum absolute atomic E-state index is 12.9. The molecule has 0 bridgehead atoms. The summed E-state index contributed by atoms with van der Waals surface area (Å²) in [4.78, 5) is 33.5. The smallest absolute Gasteiger partial charge is 0.241 e. The molecule has 8 nitrogen and oxygen atoms in total. The van der Waals surface area contributed by atoms with Gasteiger partial charge in [-0.3, -0.25) is 14.5 Å². The third-order valence-corrected chi connectivity index (χ3v) is 7.24. The molecular formula is C27H30ClN5O3. The molecular weight excluding hydrogens is 478 g/mol. The van der Waals surface area contributed by atoms with Crippen molar-refractivity contribution in [3.8, 4) is 11.4 Å². The van der Waals surface area contributed by atoms with E-state index in [0.29, 0.717) is 42.8 Å². The van der Waals surface area contributed by atoms with E-state index < -0.39 is 0 Å². The van der Waals surface area contributed by atoms with Crippen molar-refractivity contribution in [2.45, 2.75) is 45.3 Å². The summed E-state index contributed by atoms with van der Waals surface area (Å²) in [5, 5.41) is 7.87. The molecule has 1 aromatic heterocycles. The highest BCUT2D eigenvalue weighted by Crippen LogP contribution is 2.22. The van der Waals surface area contributed by atoms with E-state index in [2.05, 4.69) is 20.4 Å². The van der Waals surface area contributed by atoms with Gasteiger partial charge in [-0.05, 0) is 67.7 Å². The number of carbonyl (C=O) groups excluding carboxylic acids is 2. The molecule has 188 valence electrons. The first kappa shape index (κ1) is 24.5. The Bertz CT molecular complexity index is 1200. The number of likely N-dealkylation sites (tertiary alicyclic amines) is 2. The zero-order chi connectivity index (χ0) is 24.9. The van der Waals surface area contributed by atoms with Gasteiger partial charge in [-0.15, -0.1) is 0 Å². The number of benzene rings is 2. The van der Waals surface area contributed by atoms with Gasteiger partial charge in [-0.2, -0.15) is 4.98 Å². The minimum Gasteiger partial charge on any atom is -0.352 e. The van der Waals surface area contributed by atoms with Gasteiger partial charge in [0.15, 0.2) is 0 Å². The van der Waals surface area contributed by atoms with Gasteiger partial charge >= 0.3 is 0 Å². The summed E-state index contributed by atoms with van der Waals surface area (Å²) in [6.07, 6.45) is 3.13. The first-order valence-electron chi connectivity index (χ1n) is 12.5. The van der Waals surface area contributed by atoms with E-state index in [1.165, 1.54) is 0 Å². The molecule has 0 radical (unpaired) electrons. The third kappa shape index (κ3) is 5.94. The normalized spacial score (nSPS) is 17.0. The highest BCUT2D eigenvalue weighted by atomic mass is 35.5. The van der Waals surface area contributed by atoms with Crippen molar-refractivity contribution in [2.75, 3.05) is 19.6 Å². The predicted octanol–water partition coefficient (Wildman–Crippen LogP) is 4.04. The molecule has 0 unspecified atom stereocenters. The molecule has 5 rings (SSSR count). The molecule has 2 amide bonds. The summed E-state index contributed by atoms with van der Waals surface area (Å²) in [6, 6.07) is 15.4. The Labute approximate surface area is 215 Å². The van der Waals surface area contributed by atoms with Gasteiger partial charge in [0.1, 0.15) is 0 Å². The van der Waals surface area contributed by atoms with Gasteiger partial charge in [-0.1, -0.05) is 41.0 Å². The summed E-state index contributed by atoms with van der Waals surface area (Å²) < 4.78 is 5.44. The van der Waals surface area contributed by atoms with Crippen LogP contribution in [0.4, 0.5) is 0 Å². The fraction of sp³-hybridized carbons (Fsp3) is 0.407. The Hall–Kier alpha value is -3.23. The number of carbonyl (C=O) groups is 2. The zero-order valence-corrected chi connectivity index (χ0v) is 20.9. The molecule has 0 aliphatic carbocycles. The van der Waals surface area contributed by atoms with E-state index in [1.807, 2.05) is 41.3 Å². The molecule has 0 spiro atoms. The van der Waals surface area contributed by atoms with Crippen molar-refractivity contribution >= 4 is 23.4 Å². The highest BCUT2D eigenvalue weighted by Gasteiger charge is 2.26. The van der Waals surface area contributed by atoms with Crippen LogP contribution in [-0.4, -0.2) is 51.4 Å². The van der Waals surface area contributed by atoms with Crippen molar-refractivity contribution < 1.29 is 14.1 Å². The van der Waals surface area contributed by atoms with Gasteiger partial charge in [0.05, 0.1) is 6.54 Å². The van der Waals surface area contributed by atoms with Crippen LogP contribution in [0.5, 0.6) is 0 Å². The lowest BCUT2D eigenvalue weighted by atomic mass is 9.95. The van der Waals surface area contributed by atoms with E-state index in [1.54, 1.807) is 12.1 Å². The standard InChI is InChI=1S/C27H30ClN5O3/c28-23-9-7-19(8-10-23)26-30-24(36-31-26)18-32-14-11-20(12-15-32)27(35)29-16-21-4-1-2-5-22(21)17-33-13-3-6-25(33)34/h1-2,4-5,7-10,20H,3,6,11-18H2,(H,29,35). The summed E-state index contributed by atoms with van der Waals surface area (Å²) in [5.74, 6) is 1.40. The van der Waals surface area contributed by atoms with Crippen molar-refractivity contribution in [1.29, 1.82) is 0 Å².